The summed E-state index contributed by atoms with van der Waals surface area (Å²) in [6.45, 7) is 3.32. The molecule has 0 aromatic heterocycles. The van der Waals surface area contributed by atoms with Crippen LogP contribution in [0.3, 0.4) is 0 Å². The molecule has 0 aliphatic carbocycles. The molecular weight excluding hydrogens is 190 g/mol. The van der Waals surface area contributed by atoms with E-state index < -0.39 is 0 Å². The number of hydrogen-bond donors (Lipinski definition) is 0. The van der Waals surface area contributed by atoms with E-state index in [1.165, 1.54) is 6.92 Å². The van der Waals surface area contributed by atoms with Crippen molar-refractivity contribution >= 4 is 5.78 Å². The summed E-state index contributed by atoms with van der Waals surface area (Å²) in [5.74, 6) is 0.438. The first kappa shape index (κ1) is 11.3. The number of nitrogens with zero attached hydrogens (tertiary/aromatic N) is 1. The highest BCUT2D eigenvalue weighted by molar-refractivity contribution is 5.83. The van der Waals surface area contributed by atoms with Crippen LogP contribution in [-0.2, 0) is 4.79 Å². The van der Waals surface area contributed by atoms with E-state index in [0.717, 1.165) is 5.56 Å². The van der Waals surface area contributed by atoms with Gasteiger partial charge in [-0.05, 0) is 24.6 Å². The standard InChI is InChI=1S/C12H13NO2/c1-8(9(2)14)12-5-4-11(15-3)6-10(12)7-13/h4-6,8H,1-3H3. The molecule has 0 saturated heterocycles. The summed E-state index contributed by atoms with van der Waals surface area (Å²) >= 11 is 0. The Hall–Kier alpha value is -1.82. The van der Waals surface area contributed by atoms with Gasteiger partial charge in [0.2, 0.25) is 0 Å². The summed E-state index contributed by atoms with van der Waals surface area (Å²) in [5.41, 5.74) is 1.25. The highest BCUT2D eigenvalue weighted by atomic mass is 16.5. The largest absolute Gasteiger partial charge is 0.497 e. The van der Waals surface area contributed by atoms with E-state index in [4.69, 9.17) is 10.00 Å². The third-order valence-corrected chi connectivity index (χ3v) is 2.46. The monoisotopic (exact) mass is 203 g/mol. The molecule has 0 saturated carbocycles. The van der Waals surface area contributed by atoms with Crippen LogP contribution in [0.2, 0.25) is 0 Å². The molecule has 0 N–H and O–H groups in total. The minimum absolute atomic E-state index is 0.0525. The van der Waals surface area contributed by atoms with E-state index in [9.17, 15) is 4.79 Å². The number of nitriles is 1. The molecular formula is C12H13NO2. The first-order chi connectivity index (χ1) is 7.10. The van der Waals surface area contributed by atoms with E-state index >= 15 is 0 Å². The summed E-state index contributed by atoms with van der Waals surface area (Å²) < 4.78 is 5.02. The van der Waals surface area contributed by atoms with Crippen molar-refractivity contribution in [2.45, 2.75) is 19.8 Å². The Morgan fingerprint density at radius 2 is 2.20 bits per heavy atom. The first-order valence-electron chi connectivity index (χ1n) is 4.68. The number of ketones is 1. The van der Waals surface area contributed by atoms with E-state index in [-0.39, 0.29) is 11.7 Å². The van der Waals surface area contributed by atoms with E-state index in [0.29, 0.717) is 11.3 Å². The van der Waals surface area contributed by atoms with E-state index in [2.05, 4.69) is 6.07 Å². The maximum Gasteiger partial charge on any atom is 0.137 e. The van der Waals surface area contributed by atoms with Crippen LogP contribution in [0.1, 0.15) is 30.9 Å². The zero-order valence-corrected chi connectivity index (χ0v) is 9.07. The second-order valence-electron chi connectivity index (χ2n) is 3.40. The summed E-state index contributed by atoms with van der Waals surface area (Å²) in [6, 6.07) is 7.25. The van der Waals surface area contributed by atoms with E-state index in [1.54, 1.807) is 32.2 Å². The van der Waals surface area contributed by atoms with Gasteiger partial charge in [0.15, 0.2) is 0 Å². The Morgan fingerprint density at radius 3 is 2.67 bits per heavy atom. The highest BCUT2D eigenvalue weighted by Gasteiger charge is 2.15. The SMILES string of the molecule is COc1ccc(C(C)C(C)=O)c(C#N)c1. The molecule has 0 spiro atoms. The van der Waals surface area contributed by atoms with Crippen LogP contribution in [0.5, 0.6) is 5.75 Å². The number of benzene rings is 1. The van der Waals surface area contributed by atoms with Crippen molar-refractivity contribution in [1.82, 2.24) is 0 Å². The lowest BCUT2D eigenvalue weighted by atomic mass is 9.93. The summed E-state index contributed by atoms with van der Waals surface area (Å²) in [7, 11) is 1.55. The Balaban J connectivity index is 3.20. The molecule has 3 nitrogen and oxygen atoms in total. The van der Waals surface area contributed by atoms with Crippen molar-refractivity contribution < 1.29 is 9.53 Å². The third kappa shape index (κ3) is 2.35. The second kappa shape index (κ2) is 4.61. The van der Waals surface area contributed by atoms with Crippen molar-refractivity contribution in [3.8, 4) is 11.8 Å². The molecule has 0 aliphatic heterocycles. The van der Waals surface area contributed by atoms with Gasteiger partial charge < -0.3 is 4.74 Å². The molecule has 0 fully saturated rings. The number of carbonyl (C=O) groups excluding carboxylic acids is 1. The first-order valence-corrected chi connectivity index (χ1v) is 4.68. The molecule has 1 aromatic rings. The maximum atomic E-state index is 11.2. The van der Waals surface area contributed by atoms with Gasteiger partial charge in [-0.3, -0.25) is 4.79 Å². The molecule has 78 valence electrons. The number of rotatable bonds is 3. The van der Waals surface area contributed by atoms with Crippen molar-refractivity contribution in [2.24, 2.45) is 0 Å². The van der Waals surface area contributed by atoms with Crippen molar-refractivity contribution in [1.29, 1.82) is 5.26 Å². The van der Waals surface area contributed by atoms with Gasteiger partial charge in [-0.2, -0.15) is 5.26 Å². The van der Waals surface area contributed by atoms with Gasteiger partial charge in [-0.25, -0.2) is 0 Å². The zero-order valence-electron chi connectivity index (χ0n) is 9.07. The summed E-state index contributed by atoms with van der Waals surface area (Å²) in [4.78, 5) is 11.2. The Labute approximate surface area is 89.3 Å². The van der Waals surface area contributed by atoms with Crippen LogP contribution in [0.4, 0.5) is 0 Å². The Kier molecular flexibility index (Phi) is 3.46. The van der Waals surface area contributed by atoms with Crippen LogP contribution in [0, 0.1) is 11.3 Å². The number of ether oxygens (including phenoxy) is 1. The predicted octanol–water partition coefficient (Wildman–Crippen LogP) is 2.26. The summed E-state index contributed by atoms with van der Waals surface area (Å²) in [6.07, 6.45) is 0. The quantitative estimate of drug-likeness (QED) is 0.757. The molecule has 0 amide bonds. The van der Waals surface area contributed by atoms with Gasteiger partial charge in [0.1, 0.15) is 11.5 Å². The molecule has 0 bridgehead atoms. The highest BCUT2D eigenvalue weighted by Crippen LogP contribution is 2.24. The molecule has 0 aliphatic rings. The lowest BCUT2D eigenvalue weighted by molar-refractivity contribution is -0.118. The Bertz CT molecular complexity index is 418. The second-order valence-corrected chi connectivity index (χ2v) is 3.40. The minimum atomic E-state index is -0.245. The topological polar surface area (TPSA) is 50.1 Å². The number of hydrogen-bond acceptors (Lipinski definition) is 3. The zero-order chi connectivity index (χ0) is 11.4. The van der Waals surface area contributed by atoms with Crippen molar-refractivity contribution in [3.05, 3.63) is 29.3 Å². The molecule has 0 heterocycles. The van der Waals surface area contributed by atoms with Crippen LogP contribution in [-0.4, -0.2) is 12.9 Å². The molecule has 1 rings (SSSR count). The molecule has 1 unspecified atom stereocenters. The van der Waals surface area contributed by atoms with Crippen molar-refractivity contribution in [3.63, 3.8) is 0 Å². The summed E-state index contributed by atoms with van der Waals surface area (Å²) in [5, 5.41) is 8.95. The number of methoxy groups -OCH3 is 1. The molecule has 0 radical (unpaired) electrons. The fraction of sp³-hybridized carbons (Fsp3) is 0.333. The van der Waals surface area contributed by atoms with Gasteiger partial charge in [-0.15, -0.1) is 0 Å². The predicted molar refractivity (Wildman–Crippen MR) is 56.8 cm³/mol. The number of carbonyl (C=O) groups is 1. The van der Waals surface area contributed by atoms with Crippen LogP contribution >= 0.6 is 0 Å². The fourth-order valence-electron chi connectivity index (χ4n) is 1.36. The fourth-order valence-corrected chi connectivity index (χ4v) is 1.36. The molecule has 3 heteroatoms. The van der Waals surface area contributed by atoms with Gasteiger partial charge in [0, 0.05) is 5.92 Å². The lowest BCUT2D eigenvalue weighted by Crippen LogP contribution is -2.06. The van der Waals surface area contributed by atoms with Crippen LogP contribution < -0.4 is 4.74 Å². The van der Waals surface area contributed by atoms with Crippen molar-refractivity contribution in [2.75, 3.05) is 7.11 Å². The smallest absolute Gasteiger partial charge is 0.137 e. The Morgan fingerprint density at radius 1 is 1.53 bits per heavy atom. The molecule has 1 aromatic carbocycles. The average Bonchev–Trinajstić information content (AvgIpc) is 2.27. The average molecular weight is 203 g/mol. The van der Waals surface area contributed by atoms with Crippen LogP contribution in [0.15, 0.2) is 18.2 Å². The van der Waals surface area contributed by atoms with Crippen LogP contribution in [0.25, 0.3) is 0 Å². The molecule has 1 atom stereocenters. The van der Waals surface area contributed by atoms with E-state index in [1.807, 2.05) is 0 Å². The minimum Gasteiger partial charge on any atom is -0.497 e. The van der Waals surface area contributed by atoms with Gasteiger partial charge in [-0.1, -0.05) is 13.0 Å². The molecule has 15 heavy (non-hydrogen) atoms. The normalized spacial score (nSPS) is 11.6. The van der Waals surface area contributed by atoms with Gasteiger partial charge >= 0.3 is 0 Å². The lowest BCUT2D eigenvalue weighted by Gasteiger charge is -2.10. The number of Topliss-reactive ketones (excluding diaryl/α,β-unsaturated/α-hetero) is 1. The van der Waals surface area contributed by atoms with Gasteiger partial charge in [0.05, 0.1) is 18.7 Å². The van der Waals surface area contributed by atoms with Gasteiger partial charge in [0.25, 0.3) is 0 Å². The third-order valence-electron chi connectivity index (χ3n) is 2.46. The maximum absolute atomic E-state index is 11.2.